The number of hydrogen-bond donors (Lipinski definition) is 1. The highest BCUT2D eigenvalue weighted by molar-refractivity contribution is 8.02. The maximum Gasteiger partial charge on any atom is 0.214 e. The SMILES string of the molecule is Cc1ccc(C2=CSc3nnc(-c4cccc(F)c4)n3N2)cc1. The molecule has 0 radical (unpaired) electrons. The van der Waals surface area contributed by atoms with Crippen molar-refractivity contribution < 1.29 is 4.39 Å². The van der Waals surface area contributed by atoms with Crippen molar-refractivity contribution in [2.45, 2.75) is 12.1 Å². The van der Waals surface area contributed by atoms with Gasteiger partial charge in [0.25, 0.3) is 0 Å². The molecular weight excluding hydrogens is 311 g/mol. The van der Waals surface area contributed by atoms with Crippen LogP contribution in [0.4, 0.5) is 4.39 Å². The number of fused-ring (bicyclic) bond motifs is 1. The molecule has 1 aliphatic heterocycles. The number of benzene rings is 2. The molecule has 0 spiro atoms. The lowest BCUT2D eigenvalue weighted by Crippen LogP contribution is -2.18. The molecule has 4 rings (SSSR count). The Morgan fingerprint density at radius 2 is 1.87 bits per heavy atom. The maximum atomic E-state index is 13.5. The molecule has 2 aromatic carbocycles. The standard InChI is InChI=1S/C17H13FN4S/c1-11-5-7-12(8-6-11)15-10-23-17-20-19-16(22(17)21-15)13-3-2-4-14(18)9-13/h2-10,21H,1H3. The molecule has 4 nitrogen and oxygen atoms in total. The van der Waals surface area contributed by atoms with Crippen LogP contribution in [0.5, 0.6) is 0 Å². The van der Waals surface area contributed by atoms with Gasteiger partial charge in [0.2, 0.25) is 5.16 Å². The Hall–Kier alpha value is -2.60. The van der Waals surface area contributed by atoms with E-state index in [4.69, 9.17) is 0 Å². The monoisotopic (exact) mass is 324 g/mol. The Kier molecular flexibility index (Phi) is 3.38. The molecule has 1 aromatic heterocycles. The molecule has 0 bridgehead atoms. The number of aromatic nitrogens is 3. The van der Waals surface area contributed by atoms with Crippen LogP contribution in [0.15, 0.2) is 59.1 Å². The van der Waals surface area contributed by atoms with E-state index in [2.05, 4.69) is 46.8 Å². The second kappa shape index (κ2) is 5.55. The fourth-order valence-electron chi connectivity index (χ4n) is 2.39. The third-order valence-electron chi connectivity index (χ3n) is 3.59. The number of nitrogens with zero attached hydrogens (tertiary/aromatic N) is 3. The molecule has 0 saturated carbocycles. The van der Waals surface area contributed by atoms with Crippen LogP contribution in [0.2, 0.25) is 0 Å². The molecule has 2 heterocycles. The van der Waals surface area contributed by atoms with Gasteiger partial charge in [0.1, 0.15) is 5.82 Å². The van der Waals surface area contributed by atoms with Crippen molar-refractivity contribution in [3.63, 3.8) is 0 Å². The van der Waals surface area contributed by atoms with Gasteiger partial charge < -0.3 is 0 Å². The highest BCUT2D eigenvalue weighted by Crippen LogP contribution is 2.31. The lowest BCUT2D eigenvalue weighted by atomic mass is 10.1. The predicted molar refractivity (Wildman–Crippen MR) is 89.8 cm³/mol. The minimum atomic E-state index is -0.294. The van der Waals surface area contributed by atoms with Crippen LogP contribution < -0.4 is 5.43 Å². The lowest BCUT2D eigenvalue weighted by Gasteiger charge is -2.19. The van der Waals surface area contributed by atoms with E-state index in [9.17, 15) is 4.39 Å². The van der Waals surface area contributed by atoms with Gasteiger partial charge in [-0.1, -0.05) is 53.7 Å². The van der Waals surface area contributed by atoms with Gasteiger partial charge in [-0.25, -0.2) is 9.07 Å². The zero-order valence-corrected chi connectivity index (χ0v) is 13.1. The number of nitrogens with one attached hydrogen (secondary N) is 1. The topological polar surface area (TPSA) is 42.7 Å². The molecule has 0 atom stereocenters. The van der Waals surface area contributed by atoms with E-state index in [0.717, 1.165) is 16.4 Å². The zero-order chi connectivity index (χ0) is 15.8. The molecule has 0 unspecified atom stereocenters. The summed E-state index contributed by atoms with van der Waals surface area (Å²) in [4.78, 5) is 0. The summed E-state index contributed by atoms with van der Waals surface area (Å²) in [6.45, 7) is 2.06. The van der Waals surface area contributed by atoms with Gasteiger partial charge in [0.15, 0.2) is 5.82 Å². The van der Waals surface area contributed by atoms with Gasteiger partial charge >= 0.3 is 0 Å². The fraction of sp³-hybridized carbons (Fsp3) is 0.0588. The summed E-state index contributed by atoms with van der Waals surface area (Å²) < 4.78 is 15.3. The van der Waals surface area contributed by atoms with Crippen molar-refractivity contribution in [1.82, 2.24) is 14.9 Å². The van der Waals surface area contributed by atoms with E-state index in [-0.39, 0.29) is 5.82 Å². The first-order valence-electron chi connectivity index (χ1n) is 7.13. The molecule has 3 aromatic rings. The summed E-state index contributed by atoms with van der Waals surface area (Å²) in [5, 5.41) is 11.1. The smallest absolute Gasteiger partial charge is 0.214 e. The van der Waals surface area contributed by atoms with Crippen molar-refractivity contribution in [1.29, 1.82) is 0 Å². The van der Waals surface area contributed by atoms with Crippen molar-refractivity contribution in [2.24, 2.45) is 0 Å². The first kappa shape index (κ1) is 14.0. The molecule has 6 heteroatoms. The maximum absolute atomic E-state index is 13.5. The van der Waals surface area contributed by atoms with Gasteiger partial charge in [-0.05, 0) is 24.6 Å². The van der Waals surface area contributed by atoms with Gasteiger partial charge in [-0.2, -0.15) is 0 Å². The predicted octanol–water partition coefficient (Wildman–Crippen LogP) is 4.04. The van der Waals surface area contributed by atoms with E-state index in [0.29, 0.717) is 11.4 Å². The van der Waals surface area contributed by atoms with Crippen LogP contribution in [0.1, 0.15) is 11.1 Å². The van der Waals surface area contributed by atoms with Crippen LogP contribution >= 0.6 is 11.8 Å². The summed E-state index contributed by atoms with van der Waals surface area (Å²) >= 11 is 1.49. The summed E-state index contributed by atoms with van der Waals surface area (Å²) in [7, 11) is 0. The highest BCUT2D eigenvalue weighted by atomic mass is 32.2. The Labute approximate surface area is 137 Å². The minimum absolute atomic E-state index is 0.294. The van der Waals surface area contributed by atoms with Crippen molar-refractivity contribution in [3.8, 4) is 11.4 Å². The largest absolute Gasteiger partial charge is 0.289 e. The molecule has 114 valence electrons. The van der Waals surface area contributed by atoms with Crippen molar-refractivity contribution in [3.05, 3.63) is 70.9 Å². The van der Waals surface area contributed by atoms with Crippen LogP contribution in [-0.4, -0.2) is 14.9 Å². The lowest BCUT2D eigenvalue weighted by molar-refractivity contribution is 0.628. The minimum Gasteiger partial charge on any atom is -0.289 e. The normalized spacial score (nSPS) is 13.2. The van der Waals surface area contributed by atoms with E-state index >= 15 is 0 Å². The van der Waals surface area contributed by atoms with E-state index in [1.165, 1.54) is 29.5 Å². The van der Waals surface area contributed by atoms with E-state index < -0.39 is 0 Å². The third kappa shape index (κ3) is 2.61. The van der Waals surface area contributed by atoms with Gasteiger partial charge in [0, 0.05) is 11.0 Å². The van der Waals surface area contributed by atoms with E-state index in [1.54, 1.807) is 10.7 Å². The molecule has 0 saturated heterocycles. The Morgan fingerprint density at radius 3 is 2.65 bits per heavy atom. The first-order chi connectivity index (χ1) is 11.2. The first-order valence-corrected chi connectivity index (χ1v) is 8.01. The number of rotatable bonds is 2. The van der Waals surface area contributed by atoms with Crippen LogP contribution in [0.25, 0.3) is 17.1 Å². The fourth-order valence-corrected chi connectivity index (χ4v) is 3.12. The van der Waals surface area contributed by atoms with Gasteiger partial charge in [-0.15, -0.1) is 10.2 Å². The van der Waals surface area contributed by atoms with Crippen LogP contribution in [0, 0.1) is 12.7 Å². The Morgan fingerprint density at radius 1 is 1.04 bits per heavy atom. The Bertz CT molecular complexity index is 899. The summed E-state index contributed by atoms with van der Waals surface area (Å²) in [5.41, 5.74) is 7.24. The number of hydrogen-bond acceptors (Lipinski definition) is 4. The average molecular weight is 324 g/mol. The van der Waals surface area contributed by atoms with Crippen LogP contribution in [-0.2, 0) is 0 Å². The van der Waals surface area contributed by atoms with Crippen LogP contribution in [0.3, 0.4) is 0 Å². The summed E-state index contributed by atoms with van der Waals surface area (Å²) in [6.07, 6.45) is 0. The highest BCUT2D eigenvalue weighted by Gasteiger charge is 2.19. The number of thioether (sulfide) groups is 1. The molecule has 0 amide bonds. The van der Waals surface area contributed by atoms with E-state index in [1.807, 2.05) is 11.5 Å². The number of aryl methyl sites for hydroxylation is 1. The second-order valence-corrected chi connectivity index (χ2v) is 6.12. The zero-order valence-electron chi connectivity index (χ0n) is 12.3. The molecule has 0 fully saturated rings. The summed E-state index contributed by atoms with van der Waals surface area (Å²) in [6, 6.07) is 14.6. The molecule has 1 aliphatic rings. The summed E-state index contributed by atoms with van der Waals surface area (Å²) in [5.74, 6) is 0.294. The quantitative estimate of drug-likeness (QED) is 0.772. The second-order valence-electron chi connectivity index (χ2n) is 5.28. The van der Waals surface area contributed by atoms with Gasteiger partial charge in [-0.3, -0.25) is 5.43 Å². The third-order valence-corrected chi connectivity index (χ3v) is 4.42. The molecular formula is C17H13FN4S. The molecule has 0 aliphatic carbocycles. The van der Waals surface area contributed by atoms with Crippen molar-refractivity contribution in [2.75, 3.05) is 5.43 Å². The average Bonchev–Trinajstić information content (AvgIpc) is 2.98. The molecule has 1 N–H and O–H groups in total. The molecule has 23 heavy (non-hydrogen) atoms. The van der Waals surface area contributed by atoms with Crippen molar-refractivity contribution >= 4 is 17.5 Å². The number of halogens is 1. The Balaban J connectivity index is 1.71. The van der Waals surface area contributed by atoms with Gasteiger partial charge in [0.05, 0.1) is 5.70 Å².